The summed E-state index contributed by atoms with van der Waals surface area (Å²) >= 11 is 0. The smallest absolute Gasteiger partial charge is 0.0213 e. The van der Waals surface area contributed by atoms with Crippen LogP contribution in [0.2, 0.25) is 0 Å². The quantitative estimate of drug-likeness (QED) is 0.215. The molecule has 0 saturated heterocycles. The highest BCUT2D eigenvalue weighted by Crippen LogP contribution is 2.67. The van der Waals surface area contributed by atoms with E-state index in [-0.39, 0.29) is 0 Å². The SMILES string of the molecule is CCCCCC(C)(C)C(C)(CCCC)C(C)(CCCC)C(C)(CC)CCCC. The molecule has 0 aliphatic heterocycles. The summed E-state index contributed by atoms with van der Waals surface area (Å²) in [6.45, 7) is 25.3. The molecule has 0 aromatic heterocycles. The largest absolute Gasteiger partial charge is 0.0654 e. The van der Waals surface area contributed by atoms with Crippen LogP contribution in [-0.2, 0) is 0 Å². The van der Waals surface area contributed by atoms with E-state index in [0.717, 1.165) is 0 Å². The Bertz CT molecular complexity index is 395. The van der Waals surface area contributed by atoms with Crippen LogP contribution in [-0.4, -0.2) is 0 Å². The summed E-state index contributed by atoms with van der Waals surface area (Å²) in [4.78, 5) is 0. The van der Waals surface area contributed by atoms with Crippen LogP contribution in [0.15, 0.2) is 0 Å². The predicted molar refractivity (Wildman–Crippen MR) is 131 cm³/mol. The van der Waals surface area contributed by atoms with Crippen molar-refractivity contribution in [3.8, 4) is 0 Å². The lowest BCUT2D eigenvalue weighted by molar-refractivity contribution is -0.145. The van der Waals surface area contributed by atoms with E-state index < -0.39 is 0 Å². The Labute approximate surface area is 181 Å². The van der Waals surface area contributed by atoms with Gasteiger partial charge in [-0.2, -0.15) is 0 Å². The molecule has 0 aliphatic carbocycles. The molecule has 0 radical (unpaired) electrons. The van der Waals surface area contributed by atoms with E-state index in [1.165, 1.54) is 89.9 Å². The molecule has 170 valence electrons. The summed E-state index contributed by atoms with van der Waals surface area (Å²) in [7, 11) is 0. The summed E-state index contributed by atoms with van der Waals surface area (Å²) in [5, 5.41) is 0. The maximum atomic E-state index is 2.72. The Morgan fingerprint density at radius 3 is 1.29 bits per heavy atom. The third kappa shape index (κ3) is 6.25. The van der Waals surface area contributed by atoms with Crippen molar-refractivity contribution in [3.63, 3.8) is 0 Å². The molecule has 0 amide bonds. The summed E-state index contributed by atoms with van der Waals surface area (Å²) in [5.41, 5.74) is 1.60. The molecule has 0 aromatic rings. The van der Waals surface area contributed by atoms with Crippen molar-refractivity contribution in [2.45, 2.75) is 159 Å². The monoisotopic (exact) mass is 394 g/mol. The van der Waals surface area contributed by atoms with Crippen LogP contribution >= 0.6 is 0 Å². The van der Waals surface area contributed by atoms with Gasteiger partial charge in [0, 0.05) is 0 Å². The van der Waals surface area contributed by atoms with E-state index in [4.69, 9.17) is 0 Å². The molecule has 0 N–H and O–H groups in total. The van der Waals surface area contributed by atoms with Gasteiger partial charge in [-0.1, -0.05) is 133 Å². The van der Waals surface area contributed by atoms with E-state index in [0.29, 0.717) is 21.7 Å². The van der Waals surface area contributed by atoms with Crippen molar-refractivity contribution in [2.24, 2.45) is 21.7 Å². The number of hydrogen-bond donors (Lipinski definition) is 0. The molecule has 0 rings (SSSR count). The van der Waals surface area contributed by atoms with Gasteiger partial charge in [-0.05, 0) is 47.3 Å². The summed E-state index contributed by atoms with van der Waals surface area (Å²) < 4.78 is 0. The minimum Gasteiger partial charge on any atom is -0.0654 e. The first-order valence-corrected chi connectivity index (χ1v) is 13.1. The van der Waals surface area contributed by atoms with Crippen molar-refractivity contribution in [1.29, 1.82) is 0 Å². The van der Waals surface area contributed by atoms with Gasteiger partial charge in [-0.25, -0.2) is 0 Å². The third-order valence-corrected chi connectivity index (χ3v) is 9.37. The molecule has 28 heavy (non-hydrogen) atoms. The molecule has 0 bridgehead atoms. The van der Waals surface area contributed by atoms with Crippen LogP contribution in [0.5, 0.6) is 0 Å². The van der Waals surface area contributed by atoms with E-state index >= 15 is 0 Å². The number of hydrogen-bond acceptors (Lipinski definition) is 0. The fourth-order valence-electron chi connectivity index (χ4n) is 6.17. The highest BCUT2D eigenvalue weighted by atomic mass is 14.6. The fraction of sp³-hybridized carbons (Fsp3) is 1.00. The summed E-state index contributed by atoms with van der Waals surface area (Å²) in [6.07, 6.45) is 19.1. The molecular formula is C28H58. The first-order valence-electron chi connectivity index (χ1n) is 13.1. The Balaban J connectivity index is 6.29. The zero-order chi connectivity index (χ0) is 21.9. The molecule has 0 heterocycles. The highest BCUT2D eigenvalue weighted by Gasteiger charge is 2.58. The van der Waals surface area contributed by atoms with Crippen molar-refractivity contribution in [2.75, 3.05) is 0 Å². The second-order valence-electron chi connectivity index (χ2n) is 11.2. The van der Waals surface area contributed by atoms with Crippen LogP contribution in [0, 0.1) is 21.7 Å². The van der Waals surface area contributed by atoms with Gasteiger partial charge in [0.2, 0.25) is 0 Å². The Hall–Kier alpha value is 0. The molecule has 0 heteroatoms. The maximum absolute atomic E-state index is 2.72. The standard InChI is InChI=1S/C28H58/c1-11-16-20-21-25(6,7)27(9,23-18-13-3)28(10,24-19-14-4)26(8,15-5)22-17-12-2/h11-24H2,1-10H3. The first kappa shape index (κ1) is 28.0. The van der Waals surface area contributed by atoms with Gasteiger partial charge in [0.25, 0.3) is 0 Å². The second kappa shape index (κ2) is 12.6. The van der Waals surface area contributed by atoms with Crippen LogP contribution < -0.4 is 0 Å². The van der Waals surface area contributed by atoms with Gasteiger partial charge in [-0.3, -0.25) is 0 Å². The molecule has 0 spiro atoms. The van der Waals surface area contributed by atoms with Crippen molar-refractivity contribution in [3.05, 3.63) is 0 Å². The van der Waals surface area contributed by atoms with Crippen LogP contribution in [0.25, 0.3) is 0 Å². The molecule has 3 atom stereocenters. The predicted octanol–water partition coefficient (Wildman–Crippen LogP) is 10.6. The highest BCUT2D eigenvalue weighted by molar-refractivity contribution is 5.07. The average Bonchev–Trinajstić information content (AvgIpc) is 2.67. The molecule has 0 fully saturated rings. The lowest BCUT2D eigenvalue weighted by Crippen LogP contribution is -2.56. The van der Waals surface area contributed by atoms with E-state index in [2.05, 4.69) is 69.2 Å². The van der Waals surface area contributed by atoms with Crippen molar-refractivity contribution >= 4 is 0 Å². The van der Waals surface area contributed by atoms with Gasteiger partial charge in [0.1, 0.15) is 0 Å². The van der Waals surface area contributed by atoms with Gasteiger partial charge in [-0.15, -0.1) is 0 Å². The lowest BCUT2D eigenvalue weighted by Gasteiger charge is -2.63. The van der Waals surface area contributed by atoms with E-state index in [1.807, 2.05) is 0 Å². The fourth-order valence-corrected chi connectivity index (χ4v) is 6.17. The van der Waals surface area contributed by atoms with Crippen molar-refractivity contribution < 1.29 is 0 Å². The first-order chi connectivity index (χ1) is 13.1. The number of rotatable bonds is 17. The average molecular weight is 395 g/mol. The normalized spacial score (nSPS) is 19.1. The molecule has 0 aromatic carbocycles. The van der Waals surface area contributed by atoms with E-state index in [9.17, 15) is 0 Å². The second-order valence-corrected chi connectivity index (χ2v) is 11.2. The van der Waals surface area contributed by atoms with Gasteiger partial charge >= 0.3 is 0 Å². The topological polar surface area (TPSA) is 0 Å². The molecule has 0 aliphatic rings. The minimum atomic E-state index is 0.386. The Morgan fingerprint density at radius 2 is 0.857 bits per heavy atom. The van der Waals surface area contributed by atoms with Gasteiger partial charge in [0.05, 0.1) is 0 Å². The van der Waals surface area contributed by atoms with Crippen LogP contribution in [0.4, 0.5) is 0 Å². The van der Waals surface area contributed by atoms with Gasteiger partial charge in [0.15, 0.2) is 0 Å². The van der Waals surface area contributed by atoms with Crippen LogP contribution in [0.1, 0.15) is 159 Å². The zero-order valence-electron chi connectivity index (χ0n) is 21.9. The Morgan fingerprint density at radius 1 is 0.429 bits per heavy atom. The van der Waals surface area contributed by atoms with Crippen molar-refractivity contribution in [1.82, 2.24) is 0 Å². The van der Waals surface area contributed by atoms with Crippen LogP contribution in [0.3, 0.4) is 0 Å². The summed E-state index contributed by atoms with van der Waals surface area (Å²) in [5.74, 6) is 0. The summed E-state index contributed by atoms with van der Waals surface area (Å²) in [6, 6.07) is 0. The molecular weight excluding hydrogens is 336 g/mol. The Kier molecular flexibility index (Phi) is 12.6. The third-order valence-electron chi connectivity index (χ3n) is 9.37. The minimum absolute atomic E-state index is 0.386. The van der Waals surface area contributed by atoms with E-state index in [1.54, 1.807) is 0 Å². The molecule has 3 unspecified atom stereocenters. The van der Waals surface area contributed by atoms with Gasteiger partial charge < -0.3 is 0 Å². The molecule has 0 saturated carbocycles. The maximum Gasteiger partial charge on any atom is -0.0213 e. The number of unbranched alkanes of at least 4 members (excludes halogenated alkanes) is 5. The zero-order valence-corrected chi connectivity index (χ0v) is 21.9. The lowest BCUT2D eigenvalue weighted by atomic mass is 9.41. The molecule has 0 nitrogen and oxygen atoms in total.